The van der Waals surface area contributed by atoms with Crippen molar-refractivity contribution >= 4 is 17.6 Å². The molecule has 2 aromatic rings. The van der Waals surface area contributed by atoms with Crippen molar-refractivity contribution in [1.82, 2.24) is 14.5 Å². The molecule has 1 aromatic carbocycles. The molecule has 0 radical (unpaired) electrons. The first-order valence-corrected chi connectivity index (χ1v) is 11.5. The minimum Gasteiger partial charge on any atom is -0.490 e. The highest BCUT2D eigenvalue weighted by Gasteiger charge is 2.46. The summed E-state index contributed by atoms with van der Waals surface area (Å²) in [6.07, 6.45) is 2.57. The topological polar surface area (TPSA) is 112 Å². The number of carbonyl (C=O) groups excluding carboxylic acids is 1. The van der Waals surface area contributed by atoms with Crippen LogP contribution in [0.1, 0.15) is 33.6 Å². The van der Waals surface area contributed by atoms with Gasteiger partial charge in [-0.05, 0) is 56.4 Å². The Bertz CT molecular complexity index is 1080. The number of carbonyl (C=O) groups is 1. The van der Waals surface area contributed by atoms with Gasteiger partial charge in [0, 0.05) is 42.8 Å². The Kier molecular flexibility index (Phi) is 5.49. The minimum atomic E-state index is -0.525. The van der Waals surface area contributed by atoms with E-state index in [9.17, 15) is 14.9 Å². The maximum atomic E-state index is 12.5. The number of rotatable bonds is 5. The second-order valence-electron chi connectivity index (χ2n) is 9.99. The van der Waals surface area contributed by atoms with Crippen molar-refractivity contribution in [1.29, 1.82) is 0 Å². The smallest absolute Gasteiger partial charge is 0.414 e. The molecule has 2 fully saturated rings. The van der Waals surface area contributed by atoms with Crippen LogP contribution in [0.25, 0.3) is 0 Å². The van der Waals surface area contributed by atoms with E-state index in [4.69, 9.17) is 14.2 Å². The molecule has 3 atom stereocenters. The Balaban J connectivity index is 1.13. The fourth-order valence-electron chi connectivity index (χ4n) is 4.79. The third-order valence-corrected chi connectivity index (χ3v) is 6.35. The molecule has 1 aromatic heterocycles. The van der Waals surface area contributed by atoms with Gasteiger partial charge in [-0.15, -0.1) is 0 Å². The Morgan fingerprint density at radius 2 is 2.00 bits per heavy atom. The van der Waals surface area contributed by atoms with Crippen molar-refractivity contribution in [2.75, 3.05) is 24.6 Å². The van der Waals surface area contributed by atoms with E-state index in [-0.39, 0.29) is 36.1 Å². The van der Waals surface area contributed by atoms with Crippen LogP contribution >= 0.6 is 0 Å². The monoisotopic (exact) mass is 471 g/mol. The molecular formula is C23H29N5O6. The first kappa shape index (κ1) is 22.3. The lowest BCUT2D eigenvalue weighted by Gasteiger charge is -2.36. The zero-order valence-corrected chi connectivity index (χ0v) is 19.5. The number of aromatic nitrogens is 2. The average Bonchev–Trinajstić information content (AvgIpc) is 3.50. The van der Waals surface area contributed by atoms with Gasteiger partial charge in [-0.1, -0.05) is 0 Å². The fraction of sp³-hybridized carbons (Fsp3) is 0.565. The maximum Gasteiger partial charge on any atom is 0.414 e. The van der Waals surface area contributed by atoms with Crippen LogP contribution in [0.2, 0.25) is 0 Å². The lowest BCUT2D eigenvalue weighted by molar-refractivity contribution is -0.389. The maximum absolute atomic E-state index is 12.5. The summed E-state index contributed by atoms with van der Waals surface area (Å²) in [6, 6.07) is 8.64. The van der Waals surface area contributed by atoms with Crippen LogP contribution in [0.15, 0.2) is 30.5 Å². The lowest BCUT2D eigenvalue weighted by Crippen LogP contribution is -2.50. The molecule has 0 saturated carbocycles. The number of nitro groups is 1. The van der Waals surface area contributed by atoms with Crippen molar-refractivity contribution in [3.63, 3.8) is 0 Å². The normalized spacial score (nSPS) is 23.4. The molecule has 11 heteroatoms. The van der Waals surface area contributed by atoms with E-state index >= 15 is 0 Å². The van der Waals surface area contributed by atoms with E-state index in [2.05, 4.69) is 9.88 Å². The summed E-state index contributed by atoms with van der Waals surface area (Å²) in [5.41, 5.74) is 0.613. The predicted molar refractivity (Wildman–Crippen MR) is 122 cm³/mol. The van der Waals surface area contributed by atoms with Crippen molar-refractivity contribution in [3.05, 3.63) is 40.6 Å². The van der Waals surface area contributed by atoms with Gasteiger partial charge in [-0.2, -0.15) is 0 Å². The van der Waals surface area contributed by atoms with Crippen molar-refractivity contribution in [2.45, 2.75) is 63.9 Å². The summed E-state index contributed by atoms with van der Waals surface area (Å²) < 4.78 is 18.9. The number of imidazole rings is 1. The molecule has 1 amide bonds. The number of benzene rings is 1. The van der Waals surface area contributed by atoms with Gasteiger partial charge >= 0.3 is 17.9 Å². The summed E-state index contributed by atoms with van der Waals surface area (Å²) in [4.78, 5) is 30.9. The highest BCUT2D eigenvalue weighted by molar-refractivity contribution is 5.70. The van der Waals surface area contributed by atoms with Crippen LogP contribution < -0.4 is 14.4 Å². The van der Waals surface area contributed by atoms with E-state index in [0.717, 1.165) is 24.4 Å². The van der Waals surface area contributed by atoms with Crippen LogP contribution in [0.3, 0.4) is 0 Å². The number of amides is 1. The summed E-state index contributed by atoms with van der Waals surface area (Å²) in [5, 5.41) is 10.9. The van der Waals surface area contributed by atoms with E-state index in [1.807, 2.05) is 49.9 Å². The zero-order chi connectivity index (χ0) is 24.0. The Morgan fingerprint density at radius 1 is 1.24 bits per heavy atom. The summed E-state index contributed by atoms with van der Waals surface area (Å²) in [6.45, 7) is 8.05. The average molecular weight is 472 g/mol. The number of piperazine rings is 1. The third-order valence-electron chi connectivity index (χ3n) is 6.35. The van der Waals surface area contributed by atoms with E-state index in [1.165, 1.54) is 6.20 Å². The van der Waals surface area contributed by atoms with Crippen molar-refractivity contribution in [3.8, 4) is 11.8 Å². The molecule has 0 aliphatic carbocycles. The van der Waals surface area contributed by atoms with Gasteiger partial charge < -0.3 is 34.1 Å². The highest BCUT2D eigenvalue weighted by Crippen LogP contribution is 2.36. The summed E-state index contributed by atoms with van der Waals surface area (Å²) in [5.74, 6) is 0.518. The van der Waals surface area contributed by atoms with E-state index in [0.29, 0.717) is 26.1 Å². The number of aryl methyl sites for hydroxylation is 1. The molecule has 3 aliphatic rings. The van der Waals surface area contributed by atoms with Crippen LogP contribution in [0, 0.1) is 10.1 Å². The SMILES string of the molecule is CC(C)(C)OC(=O)N1CC2CC1CN2c1ccc(OCC2CCn3cc([N+](=O)[O-])nc3O2)cc1. The quantitative estimate of drug-likeness (QED) is 0.483. The number of fused-ring (bicyclic) bond motifs is 3. The molecule has 5 rings (SSSR count). The Labute approximate surface area is 197 Å². The molecule has 3 unspecified atom stereocenters. The second-order valence-corrected chi connectivity index (χ2v) is 9.99. The number of nitrogens with zero attached hydrogens (tertiary/aromatic N) is 5. The van der Waals surface area contributed by atoms with E-state index in [1.54, 1.807) is 4.57 Å². The molecule has 0 N–H and O–H groups in total. The van der Waals surface area contributed by atoms with E-state index < -0.39 is 10.5 Å². The van der Waals surface area contributed by atoms with Crippen LogP contribution in [0.4, 0.5) is 16.3 Å². The molecule has 34 heavy (non-hydrogen) atoms. The molecule has 3 aliphatic heterocycles. The second kappa shape index (κ2) is 8.37. The van der Waals surface area contributed by atoms with Gasteiger partial charge in [0.15, 0.2) is 0 Å². The summed E-state index contributed by atoms with van der Waals surface area (Å²) >= 11 is 0. The zero-order valence-electron chi connectivity index (χ0n) is 19.5. The van der Waals surface area contributed by atoms with Crippen molar-refractivity contribution < 1.29 is 23.9 Å². The van der Waals surface area contributed by atoms with Gasteiger partial charge in [-0.3, -0.25) is 4.57 Å². The Morgan fingerprint density at radius 3 is 2.65 bits per heavy atom. The lowest BCUT2D eigenvalue weighted by atomic mass is 10.2. The number of ether oxygens (including phenoxy) is 3. The molecule has 4 heterocycles. The van der Waals surface area contributed by atoms with Gasteiger partial charge in [0.05, 0.1) is 6.04 Å². The minimum absolute atomic E-state index is 0.169. The van der Waals surface area contributed by atoms with Crippen LogP contribution in [-0.2, 0) is 11.3 Å². The largest absolute Gasteiger partial charge is 0.490 e. The highest BCUT2D eigenvalue weighted by atomic mass is 16.6. The van der Waals surface area contributed by atoms with Crippen LogP contribution in [-0.4, -0.2) is 69.0 Å². The standard InChI is InChI=1S/C23H29N5O6/c1-23(2,3)34-22(29)27-12-16-10-17(27)11-26(16)15-4-6-18(7-5-15)32-14-19-8-9-25-13-20(28(30)31)24-21(25)33-19/h4-7,13,16-17,19H,8-12,14H2,1-3H3. The predicted octanol–water partition coefficient (Wildman–Crippen LogP) is 3.22. The van der Waals surface area contributed by atoms with Gasteiger partial charge in [0.25, 0.3) is 0 Å². The van der Waals surface area contributed by atoms with Gasteiger partial charge in [0.1, 0.15) is 30.3 Å². The number of anilines is 1. The van der Waals surface area contributed by atoms with Gasteiger partial charge in [-0.25, -0.2) is 4.79 Å². The number of likely N-dealkylation sites (tertiary alicyclic amines) is 1. The first-order valence-electron chi connectivity index (χ1n) is 11.5. The van der Waals surface area contributed by atoms with Gasteiger partial charge in [0.2, 0.25) is 0 Å². The molecule has 2 saturated heterocycles. The summed E-state index contributed by atoms with van der Waals surface area (Å²) in [7, 11) is 0. The van der Waals surface area contributed by atoms with Crippen molar-refractivity contribution in [2.24, 2.45) is 0 Å². The number of hydrogen-bond acceptors (Lipinski definition) is 8. The molecular weight excluding hydrogens is 442 g/mol. The third kappa shape index (κ3) is 4.46. The molecule has 182 valence electrons. The number of hydrogen-bond donors (Lipinski definition) is 0. The first-order chi connectivity index (χ1) is 16.2. The molecule has 2 bridgehead atoms. The molecule has 0 spiro atoms. The molecule has 11 nitrogen and oxygen atoms in total. The fourth-order valence-corrected chi connectivity index (χ4v) is 4.79. The Hall–Kier alpha value is -3.50. The van der Waals surface area contributed by atoms with Crippen LogP contribution in [0.5, 0.6) is 11.8 Å².